The summed E-state index contributed by atoms with van der Waals surface area (Å²) in [5.41, 5.74) is 6.42. The highest BCUT2D eigenvalue weighted by Gasteiger charge is 2.51. The molecular formula is C9H17NS. The van der Waals surface area contributed by atoms with E-state index >= 15 is 0 Å². The van der Waals surface area contributed by atoms with E-state index in [-0.39, 0.29) is 0 Å². The second kappa shape index (κ2) is 2.98. The minimum absolute atomic E-state index is 0.734. The van der Waals surface area contributed by atoms with Crippen molar-refractivity contribution in [3.63, 3.8) is 0 Å². The molecule has 2 rings (SSSR count). The highest BCUT2D eigenvalue weighted by Crippen LogP contribution is 2.59. The summed E-state index contributed by atoms with van der Waals surface area (Å²) >= 11 is 2.13. The van der Waals surface area contributed by atoms with Crippen molar-refractivity contribution in [1.82, 2.24) is 0 Å². The van der Waals surface area contributed by atoms with Crippen LogP contribution in [-0.4, -0.2) is 18.1 Å². The summed E-state index contributed by atoms with van der Waals surface area (Å²) in [5, 5.41) is 0. The molecule has 64 valence electrons. The van der Waals surface area contributed by atoms with E-state index in [9.17, 15) is 0 Å². The summed E-state index contributed by atoms with van der Waals surface area (Å²) in [6.45, 7) is 0.935. The van der Waals surface area contributed by atoms with Crippen LogP contribution in [0.3, 0.4) is 0 Å². The van der Waals surface area contributed by atoms with Gasteiger partial charge in [0, 0.05) is 0 Å². The van der Waals surface area contributed by atoms with E-state index in [0.29, 0.717) is 0 Å². The number of hydrogen-bond donors (Lipinski definition) is 1. The third-order valence-electron chi connectivity index (χ3n) is 3.35. The predicted octanol–water partition coefficient (Wildman–Crippen LogP) is 1.87. The molecule has 0 aromatic carbocycles. The molecular weight excluding hydrogens is 154 g/mol. The van der Waals surface area contributed by atoms with Gasteiger partial charge in [-0.05, 0) is 55.1 Å². The van der Waals surface area contributed by atoms with Crippen LogP contribution >= 0.6 is 11.8 Å². The molecule has 2 N–H and O–H groups in total. The minimum atomic E-state index is 0.734. The second-order valence-electron chi connectivity index (χ2n) is 3.97. The van der Waals surface area contributed by atoms with Crippen LogP contribution in [0.2, 0.25) is 0 Å². The lowest BCUT2D eigenvalue weighted by Crippen LogP contribution is -2.11. The molecule has 11 heavy (non-hydrogen) atoms. The van der Waals surface area contributed by atoms with Crippen LogP contribution in [0.15, 0.2) is 0 Å². The highest BCUT2D eigenvalue weighted by atomic mass is 32.2. The lowest BCUT2D eigenvalue weighted by Gasteiger charge is -2.11. The Bertz CT molecular complexity index is 138. The topological polar surface area (TPSA) is 26.0 Å². The Morgan fingerprint density at radius 1 is 1.36 bits per heavy atom. The summed E-state index contributed by atoms with van der Waals surface area (Å²) in [4.78, 5) is 0. The van der Waals surface area contributed by atoms with Crippen LogP contribution in [-0.2, 0) is 0 Å². The Morgan fingerprint density at radius 2 is 2.27 bits per heavy atom. The van der Waals surface area contributed by atoms with Gasteiger partial charge >= 0.3 is 0 Å². The van der Waals surface area contributed by atoms with Crippen molar-refractivity contribution in [3.05, 3.63) is 0 Å². The molecule has 1 aliphatic heterocycles. The van der Waals surface area contributed by atoms with Gasteiger partial charge in [0.2, 0.25) is 0 Å². The molecule has 2 fully saturated rings. The summed E-state index contributed by atoms with van der Waals surface area (Å²) in [6, 6.07) is 0. The Labute approximate surface area is 73.1 Å². The van der Waals surface area contributed by atoms with E-state index in [1.807, 2.05) is 0 Å². The summed E-state index contributed by atoms with van der Waals surface area (Å²) in [6.07, 6.45) is 5.77. The lowest BCUT2D eigenvalue weighted by atomic mass is 9.94. The zero-order chi connectivity index (χ0) is 7.73. The number of rotatable bonds is 1. The molecule has 1 nitrogen and oxygen atoms in total. The van der Waals surface area contributed by atoms with Crippen molar-refractivity contribution in [2.24, 2.45) is 17.1 Å². The maximum atomic E-state index is 5.68. The van der Waals surface area contributed by atoms with Gasteiger partial charge in [-0.2, -0.15) is 11.8 Å². The molecule has 1 heterocycles. The van der Waals surface area contributed by atoms with E-state index in [1.54, 1.807) is 0 Å². The normalized spacial score (nSPS) is 43.9. The maximum Gasteiger partial charge on any atom is -0.00433 e. The molecule has 1 saturated heterocycles. The molecule has 0 amide bonds. The largest absolute Gasteiger partial charge is 0.330 e. The molecule has 2 heteroatoms. The first-order chi connectivity index (χ1) is 5.37. The fourth-order valence-electron chi connectivity index (χ4n) is 2.41. The zero-order valence-electron chi connectivity index (χ0n) is 7.01. The van der Waals surface area contributed by atoms with Gasteiger partial charge in [-0.15, -0.1) is 0 Å². The Hall–Kier alpha value is 0.310. The van der Waals surface area contributed by atoms with Crippen LogP contribution in [0.4, 0.5) is 0 Å². The lowest BCUT2D eigenvalue weighted by molar-refractivity contribution is 0.411. The van der Waals surface area contributed by atoms with Crippen LogP contribution < -0.4 is 5.73 Å². The zero-order valence-corrected chi connectivity index (χ0v) is 7.83. The number of hydrogen-bond acceptors (Lipinski definition) is 2. The van der Waals surface area contributed by atoms with Gasteiger partial charge in [0.15, 0.2) is 0 Å². The molecule has 2 aliphatic rings. The molecule has 0 radical (unpaired) electrons. The first-order valence-electron chi connectivity index (χ1n) is 4.65. The first-order valence-corrected chi connectivity index (χ1v) is 5.81. The van der Waals surface area contributed by atoms with Gasteiger partial charge < -0.3 is 5.73 Å². The van der Waals surface area contributed by atoms with E-state index in [0.717, 1.165) is 17.9 Å². The SMILES string of the molecule is NCC1CC12CCCSCC2. The van der Waals surface area contributed by atoms with E-state index in [1.165, 1.54) is 37.2 Å². The molecule has 1 saturated carbocycles. The second-order valence-corrected chi connectivity index (χ2v) is 5.19. The van der Waals surface area contributed by atoms with Gasteiger partial charge in [-0.1, -0.05) is 0 Å². The third kappa shape index (κ3) is 1.43. The summed E-state index contributed by atoms with van der Waals surface area (Å²) in [5.74, 6) is 3.66. The van der Waals surface area contributed by atoms with E-state index in [2.05, 4.69) is 11.8 Å². The average Bonchev–Trinajstić information content (AvgIpc) is 2.76. The molecule has 1 spiro atoms. The monoisotopic (exact) mass is 171 g/mol. The van der Waals surface area contributed by atoms with Gasteiger partial charge in [-0.25, -0.2) is 0 Å². The number of thioether (sulfide) groups is 1. The molecule has 0 aromatic heterocycles. The van der Waals surface area contributed by atoms with Crippen molar-refractivity contribution in [1.29, 1.82) is 0 Å². The average molecular weight is 171 g/mol. The van der Waals surface area contributed by atoms with Crippen LogP contribution in [0.1, 0.15) is 25.7 Å². The fourth-order valence-corrected chi connectivity index (χ4v) is 3.51. The quantitative estimate of drug-likeness (QED) is 0.652. The highest BCUT2D eigenvalue weighted by molar-refractivity contribution is 7.99. The van der Waals surface area contributed by atoms with Gasteiger partial charge in [0.05, 0.1) is 0 Å². The van der Waals surface area contributed by atoms with Gasteiger partial charge in [0.25, 0.3) is 0 Å². The fraction of sp³-hybridized carbons (Fsp3) is 1.00. The molecule has 0 bridgehead atoms. The Kier molecular flexibility index (Phi) is 2.15. The standard InChI is InChI=1S/C9H17NS/c10-7-8-6-9(8)2-1-4-11-5-3-9/h8H,1-7,10H2. The van der Waals surface area contributed by atoms with Crippen molar-refractivity contribution in [2.45, 2.75) is 25.7 Å². The predicted molar refractivity (Wildman–Crippen MR) is 50.8 cm³/mol. The van der Waals surface area contributed by atoms with E-state index < -0.39 is 0 Å². The Morgan fingerprint density at radius 3 is 3.00 bits per heavy atom. The van der Waals surface area contributed by atoms with Gasteiger partial charge in [-0.3, -0.25) is 0 Å². The molecule has 1 aliphatic carbocycles. The van der Waals surface area contributed by atoms with E-state index in [4.69, 9.17) is 5.73 Å². The van der Waals surface area contributed by atoms with Crippen LogP contribution in [0, 0.1) is 11.3 Å². The summed E-state index contributed by atoms with van der Waals surface area (Å²) < 4.78 is 0. The molecule has 2 atom stereocenters. The van der Waals surface area contributed by atoms with Crippen molar-refractivity contribution >= 4 is 11.8 Å². The minimum Gasteiger partial charge on any atom is -0.330 e. The van der Waals surface area contributed by atoms with Crippen molar-refractivity contribution in [3.8, 4) is 0 Å². The summed E-state index contributed by atoms with van der Waals surface area (Å²) in [7, 11) is 0. The molecule has 2 unspecified atom stereocenters. The number of nitrogens with two attached hydrogens (primary N) is 1. The first kappa shape index (κ1) is 7.93. The van der Waals surface area contributed by atoms with Crippen LogP contribution in [0.25, 0.3) is 0 Å². The molecule has 0 aromatic rings. The van der Waals surface area contributed by atoms with Crippen LogP contribution in [0.5, 0.6) is 0 Å². The maximum absolute atomic E-state index is 5.68. The van der Waals surface area contributed by atoms with Crippen molar-refractivity contribution < 1.29 is 0 Å². The van der Waals surface area contributed by atoms with Gasteiger partial charge in [0.1, 0.15) is 0 Å². The third-order valence-corrected chi connectivity index (χ3v) is 4.42. The Balaban J connectivity index is 1.92. The van der Waals surface area contributed by atoms with Crippen molar-refractivity contribution in [2.75, 3.05) is 18.1 Å². The smallest absolute Gasteiger partial charge is 0.00433 e.